The summed E-state index contributed by atoms with van der Waals surface area (Å²) in [6.07, 6.45) is 1.74. The van der Waals surface area contributed by atoms with Gasteiger partial charge in [-0.15, -0.1) is 0 Å². The van der Waals surface area contributed by atoms with E-state index in [2.05, 4.69) is 11.4 Å². The average Bonchev–Trinajstić information content (AvgIpc) is 3.03. The molecule has 5 nitrogen and oxygen atoms in total. The highest BCUT2D eigenvalue weighted by Gasteiger charge is 2.31. The van der Waals surface area contributed by atoms with Gasteiger partial charge in [-0.3, -0.25) is 4.79 Å². The number of carbonyl (C=O) groups is 1. The molecule has 5 heteroatoms. The molecule has 24 heavy (non-hydrogen) atoms. The maximum atomic E-state index is 12.1. The molecule has 0 aliphatic heterocycles. The molecule has 0 radical (unpaired) electrons. The molecular weight excluding hydrogens is 304 g/mol. The third kappa shape index (κ3) is 3.55. The van der Waals surface area contributed by atoms with Crippen molar-refractivity contribution < 1.29 is 14.6 Å². The Hall–Kier alpha value is -2.84. The number of aliphatic hydroxyl groups excluding tert-OH is 1. The first-order valence-corrected chi connectivity index (χ1v) is 7.93. The molecule has 2 unspecified atom stereocenters. The van der Waals surface area contributed by atoms with Crippen LogP contribution >= 0.6 is 0 Å². The van der Waals surface area contributed by atoms with Gasteiger partial charge < -0.3 is 15.2 Å². The van der Waals surface area contributed by atoms with Crippen LogP contribution < -0.4 is 10.1 Å². The molecule has 1 saturated carbocycles. The Bertz CT molecular complexity index is 765. The average molecular weight is 322 g/mol. The first kappa shape index (κ1) is 16.0. The quantitative estimate of drug-likeness (QED) is 0.903. The number of rotatable bonds is 4. The van der Waals surface area contributed by atoms with Crippen LogP contribution in [0.4, 0.5) is 5.69 Å². The number of hydrogen-bond acceptors (Lipinski definition) is 4. The van der Waals surface area contributed by atoms with Gasteiger partial charge in [-0.25, -0.2) is 0 Å². The second kappa shape index (κ2) is 7.16. The van der Waals surface area contributed by atoms with E-state index in [1.807, 2.05) is 0 Å². The van der Waals surface area contributed by atoms with Crippen LogP contribution in [0.3, 0.4) is 0 Å². The number of nitrogens with one attached hydrogen (secondary N) is 1. The van der Waals surface area contributed by atoms with Crippen molar-refractivity contribution in [2.24, 2.45) is 5.92 Å². The Morgan fingerprint density at radius 2 is 1.92 bits per heavy atom. The molecule has 0 bridgehead atoms. The first-order valence-electron chi connectivity index (χ1n) is 7.93. The van der Waals surface area contributed by atoms with E-state index in [0.29, 0.717) is 29.2 Å². The van der Waals surface area contributed by atoms with E-state index in [-0.39, 0.29) is 11.8 Å². The summed E-state index contributed by atoms with van der Waals surface area (Å²) in [5, 5.41) is 21.7. The van der Waals surface area contributed by atoms with Crippen LogP contribution in [0, 0.1) is 17.2 Å². The van der Waals surface area contributed by atoms with Crippen molar-refractivity contribution in [1.29, 1.82) is 5.26 Å². The third-order valence-corrected chi connectivity index (χ3v) is 4.17. The number of amides is 1. The second-order valence-corrected chi connectivity index (χ2v) is 5.83. The minimum atomic E-state index is -0.546. The monoisotopic (exact) mass is 322 g/mol. The molecule has 1 fully saturated rings. The lowest BCUT2D eigenvalue weighted by molar-refractivity contribution is -0.122. The number of ether oxygens (including phenoxy) is 1. The Morgan fingerprint density at radius 3 is 2.58 bits per heavy atom. The van der Waals surface area contributed by atoms with Crippen LogP contribution in [0.15, 0.2) is 48.5 Å². The molecular formula is C19H18N2O3. The highest BCUT2D eigenvalue weighted by molar-refractivity contribution is 5.93. The van der Waals surface area contributed by atoms with Crippen molar-refractivity contribution >= 4 is 11.6 Å². The zero-order valence-corrected chi connectivity index (χ0v) is 13.1. The van der Waals surface area contributed by atoms with Gasteiger partial charge in [-0.05, 0) is 55.7 Å². The summed E-state index contributed by atoms with van der Waals surface area (Å²) in [4.78, 5) is 12.1. The van der Waals surface area contributed by atoms with E-state index < -0.39 is 6.10 Å². The summed E-state index contributed by atoms with van der Waals surface area (Å²) in [5.41, 5.74) is 1.12. The van der Waals surface area contributed by atoms with E-state index in [1.165, 1.54) is 0 Å². The fraction of sp³-hybridized carbons (Fsp3) is 0.263. The molecule has 1 aliphatic carbocycles. The number of anilines is 1. The van der Waals surface area contributed by atoms with Crippen LogP contribution in [0.5, 0.6) is 11.5 Å². The van der Waals surface area contributed by atoms with Gasteiger partial charge in [0.2, 0.25) is 5.91 Å². The molecule has 2 atom stereocenters. The van der Waals surface area contributed by atoms with Crippen LogP contribution in [-0.4, -0.2) is 17.1 Å². The summed E-state index contributed by atoms with van der Waals surface area (Å²) in [5.74, 6) is 0.592. The molecule has 0 saturated heterocycles. The van der Waals surface area contributed by atoms with Gasteiger partial charge in [0.05, 0.1) is 17.6 Å². The van der Waals surface area contributed by atoms with Crippen molar-refractivity contribution in [3.63, 3.8) is 0 Å². The van der Waals surface area contributed by atoms with Gasteiger partial charge in [-0.2, -0.15) is 5.26 Å². The van der Waals surface area contributed by atoms with Crippen molar-refractivity contribution in [2.75, 3.05) is 5.32 Å². The van der Waals surface area contributed by atoms with E-state index in [4.69, 9.17) is 10.00 Å². The van der Waals surface area contributed by atoms with Crippen LogP contribution in [0.25, 0.3) is 0 Å². The summed E-state index contributed by atoms with van der Waals surface area (Å²) in [6.45, 7) is 0. The smallest absolute Gasteiger partial charge is 0.230 e. The number of para-hydroxylation sites is 1. The van der Waals surface area contributed by atoms with E-state index in [1.54, 1.807) is 48.5 Å². The molecule has 1 amide bonds. The van der Waals surface area contributed by atoms with Crippen molar-refractivity contribution in [3.05, 3.63) is 54.1 Å². The fourth-order valence-corrected chi connectivity index (χ4v) is 2.86. The molecule has 1 aliphatic rings. The van der Waals surface area contributed by atoms with Crippen LogP contribution in [-0.2, 0) is 4.79 Å². The molecule has 3 rings (SSSR count). The van der Waals surface area contributed by atoms with Gasteiger partial charge in [0, 0.05) is 5.69 Å². The molecule has 0 spiro atoms. The summed E-state index contributed by atoms with van der Waals surface area (Å²) < 4.78 is 5.70. The highest BCUT2D eigenvalue weighted by Crippen LogP contribution is 2.28. The minimum Gasteiger partial charge on any atom is -0.456 e. The van der Waals surface area contributed by atoms with E-state index in [0.717, 1.165) is 12.8 Å². The topological polar surface area (TPSA) is 82.3 Å². The van der Waals surface area contributed by atoms with Crippen molar-refractivity contribution in [2.45, 2.75) is 25.4 Å². The van der Waals surface area contributed by atoms with Crippen molar-refractivity contribution in [1.82, 2.24) is 0 Å². The SMILES string of the molecule is N#Cc1ccccc1Oc1ccc(NC(=O)C2CCCC2O)cc1. The molecule has 122 valence electrons. The number of nitriles is 1. The highest BCUT2D eigenvalue weighted by atomic mass is 16.5. The summed E-state index contributed by atoms with van der Waals surface area (Å²) in [7, 11) is 0. The zero-order valence-electron chi connectivity index (χ0n) is 13.1. The summed E-state index contributed by atoms with van der Waals surface area (Å²) in [6, 6.07) is 16.0. The van der Waals surface area contributed by atoms with Gasteiger partial charge in [0.25, 0.3) is 0 Å². The Kier molecular flexibility index (Phi) is 4.78. The number of carbonyl (C=O) groups excluding carboxylic acids is 1. The lowest BCUT2D eigenvalue weighted by atomic mass is 10.1. The van der Waals surface area contributed by atoms with Gasteiger partial charge >= 0.3 is 0 Å². The Balaban J connectivity index is 1.65. The Morgan fingerprint density at radius 1 is 1.17 bits per heavy atom. The van der Waals surface area contributed by atoms with E-state index >= 15 is 0 Å². The van der Waals surface area contributed by atoms with Gasteiger partial charge in [-0.1, -0.05) is 12.1 Å². The van der Waals surface area contributed by atoms with Crippen LogP contribution in [0.1, 0.15) is 24.8 Å². The van der Waals surface area contributed by atoms with Gasteiger partial charge in [0.1, 0.15) is 17.6 Å². The second-order valence-electron chi connectivity index (χ2n) is 5.83. The number of hydrogen-bond donors (Lipinski definition) is 2. The maximum Gasteiger partial charge on any atom is 0.230 e. The molecule has 0 aromatic heterocycles. The maximum absolute atomic E-state index is 12.1. The number of aliphatic hydroxyl groups is 1. The predicted octanol–water partition coefficient (Wildman–Crippen LogP) is 3.45. The molecule has 0 heterocycles. The largest absolute Gasteiger partial charge is 0.456 e. The fourth-order valence-electron chi connectivity index (χ4n) is 2.86. The van der Waals surface area contributed by atoms with E-state index in [9.17, 15) is 9.90 Å². The van der Waals surface area contributed by atoms with Crippen LogP contribution in [0.2, 0.25) is 0 Å². The predicted molar refractivity (Wildman–Crippen MR) is 89.7 cm³/mol. The standard InChI is InChI=1S/C19H18N2O3/c20-12-13-4-1-2-7-18(13)24-15-10-8-14(9-11-15)21-19(23)16-5-3-6-17(16)22/h1-2,4,7-11,16-17,22H,3,5-6H2,(H,21,23). The third-order valence-electron chi connectivity index (χ3n) is 4.17. The molecule has 2 aromatic rings. The lowest BCUT2D eigenvalue weighted by Crippen LogP contribution is -2.28. The lowest BCUT2D eigenvalue weighted by Gasteiger charge is -2.14. The first-order chi connectivity index (χ1) is 11.7. The Labute approximate surface area is 140 Å². The zero-order chi connectivity index (χ0) is 16.9. The minimum absolute atomic E-state index is 0.150. The van der Waals surface area contributed by atoms with Gasteiger partial charge in [0.15, 0.2) is 0 Å². The molecule has 2 aromatic carbocycles. The molecule has 2 N–H and O–H groups in total. The number of benzene rings is 2. The number of nitrogens with zero attached hydrogens (tertiary/aromatic N) is 1. The normalized spacial score (nSPS) is 19.5. The summed E-state index contributed by atoms with van der Waals surface area (Å²) >= 11 is 0. The van der Waals surface area contributed by atoms with Crippen molar-refractivity contribution in [3.8, 4) is 17.6 Å².